The molecule has 0 radical (unpaired) electrons. The van der Waals surface area contributed by atoms with Crippen LogP contribution in [0.4, 0.5) is 10.1 Å². The van der Waals surface area contributed by atoms with Crippen LogP contribution in [-0.4, -0.2) is 19.2 Å². The van der Waals surface area contributed by atoms with Gasteiger partial charge in [0.15, 0.2) is 0 Å². The summed E-state index contributed by atoms with van der Waals surface area (Å²) in [6, 6.07) is 18.3. The molecule has 0 aliphatic rings. The predicted octanol–water partition coefficient (Wildman–Crippen LogP) is 5.43. The molecule has 0 fully saturated rings. The molecule has 4 aromatic rings. The van der Waals surface area contributed by atoms with Crippen LogP contribution in [0, 0.1) is 12.7 Å². The maximum absolute atomic E-state index is 13.2. The Balaban J connectivity index is 1.51. The van der Waals surface area contributed by atoms with Gasteiger partial charge in [-0.3, -0.25) is 9.52 Å². The van der Waals surface area contributed by atoms with E-state index in [0.29, 0.717) is 30.1 Å². The average molecular weight is 485 g/mol. The van der Waals surface area contributed by atoms with Crippen molar-refractivity contribution in [3.05, 3.63) is 106 Å². The van der Waals surface area contributed by atoms with Crippen molar-refractivity contribution in [2.45, 2.75) is 24.9 Å². The monoisotopic (exact) mass is 484 g/mol. The van der Waals surface area contributed by atoms with Crippen molar-refractivity contribution in [2.24, 2.45) is 0 Å². The number of rotatable bonds is 8. The number of furan rings is 1. The molecule has 0 aliphatic heterocycles. The number of nitrogens with one attached hydrogen (secondary N) is 1. The van der Waals surface area contributed by atoms with E-state index in [0.717, 1.165) is 21.9 Å². The summed E-state index contributed by atoms with van der Waals surface area (Å²) in [5, 5.41) is 0. The maximum Gasteiger partial charge on any atom is 0.261 e. The summed E-state index contributed by atoms with van der Waals surface area (Å²) in [4.78, 5) is 17.1. The molecule has 0 unspecified atom stereocenters. The quantitative estimate of drug-likeness (QED) is 0.362. The Kier molecular flexibility index (Phi) is 6.62. The van der Waals surface area contributed by atoms with E-state index in [1.807, 2.05) is 25.1 Å². The molecule has 0 saturated carbocycles. The molecule has 0 bridgehead atoms. The van der Waals surface area contributed by atoms with Crippen molar-refractivity contribution in [1.82, 2.24) is 4.90 Å². The van der Waals surface area contributed by atoms with Crippen molar-refractivity contribution in [3.8, 4) is 0 Å². The summed E-state index contributed by atoms with van der Waals surface area (Å²) in [7, 11) is -3.88. The molecule has 4 rings (SSSR count). The highest BCUT2D eigenvalue weighted by molar-refractivity contribution is 7.92. The standard InChI is InChI=1S/C24H21FN2O4S2/c1-17-4-11-22(32-17)16-27(15-21-3-2-14-31-21)24(28)18-5-9-20(10-6-18)26-33(29,30)23-12-7-19(25)8-13-23/h2-14,26H,15-16H2,1H3. The summed E-state index contributed by atoms with van der Waals surface area (Å²) >= 11 is 1.62. The molecule has 1 amide bonds. The lowest BCUT2D eigenvalue weighted by molar-refractivity contribution is 0.0719. The fraction of sp³-hybridized carbons (Fsp3) is 0.125. The van der Waals surface area contributed by atoms with Gasteiger partial charge < -0.3 is 9.32 Å². The van der Waals surface area contributed by atoms with Crippen LogP contribution < -0.4 is 4.72 Å². The highest BCUT2D eigenvalue weighted by Crippen LogP contribution is 2.22. The number of thiophene rings is 1. The third-order valence-electron chi connectivity index (χ3n) is 4.86. The fourth-order valence-corrected chi connectivity index (χ4v) is 5.20. The van der Waals surface area contributed by atoms with Gasteiger partial charge >= 0.3 is 0 Å². The van der Waals surface area contributed by atoms with Gasteiger partial charge in [0.05, 0.1) is 24.2 Å². The van der Waals surface area contributed by atoms with Crippen LogP contribution in [0.5, 0.6) is 0 Å². The Morgan fingerprint density at radius 2 is 1.73 bits per heavy atom. The number of anilines is 1. The molecular formula is C24H21FN2O4S2. The van der Waals surface area contributed by atoms with Crippen molar-refractivity contribution in [3.63, 3.8) is 0 Å². The Hall–Kier alpha value is -3.43. The maximum atomic E-state index is 13.2. The van der Waals surface area contributed by atoms with Crippen LogP contribution in [0.25, 0.3) is 0 Å². The molecule has 33 heavy (non-hydrogen) atoms. The van der Waals surface area contributed by atoms with E-state index in [1.165, 1.54) is 24.3 Å². The molecule has 1 N–H and O–H groups in total. The fourth-order valence-electron chi connectivity index (χ4n) is 3.24. The normalized spacial score (nSPS) is 11.3. The largest absolute Gasteiger partial charge is 0.467 e. The number of carbonyl (C=O) groups is 1. The number of amides is 1. The van der Waals surface area contributed by atoms with Crippen molar-refractivity contribution in [2.75, 3.05) is 4.72 Å². The smallest absolute Gasteiger partial charge is 0.261 e. The molecular weight excluding hydrogens is 463 g/mol. The van der Waals surface area contributed by atoms with Gasteiger partial charge in [-0.05, 0) is 79.7 Å². The van der Waals surface area contributed by atoms with Gasteiger partial charge in [0.25, 0.3) is 15.9 Å². The third kappa shape index (κ3) is 5.68. The summed E-state index contributed by atoms with van der Waals surface area (Å²) in [5.74, 6) is -0.0562. The van der Waals surface area contributed by atoms with Crippen LogP contribution >= 0.6 is 11.3 Å². The SMILES string of the molecule is Cc1ccc(CN(Cc2ccco2)C(=O)c2ccc(NS(=O)(=O)c3ccc(F)cc3)cc2)s1. The van der Waals surface area contributed by atoms with E-state index < -0.39 is 15.8 Å². The Morgan fingerprint density at radius 1 is 1.00 bits per heavy atom. The molecule has 0 aliphatic carbocycles. The molecule has 0 saturated heterocycles. The zero-order valence-corrected chi connectivity index (χ0v) is 19.3. The Labute approximate surface area is 195 Å². The highest BCUT2D eigenvalue weighted by Gasteiger charge is 2.20. The third-order valence-corrected chi connectivity index (χ3v) is 7.25. The first-order valence-electron chi connectivity index (χ1n) is 10.1. The van der Waals surface area contributed by atoms with E-state index in [2.05, 4.69) is 4.72 Å². The first-order chi connectivity index (χ1) is 15.8. The van der Waals surface area contributed by atoms with E-state index >= 15 is 0 Å². The van der Waals surface area contributed by atoms with E-state index in [-0.39, 0.29) is 10.8 Å². The second-order valence-electron chi connectivity index (χ2n) is 7.39. The van der Waals surface area contributed by atoms with Crippen LogP contribution in [0.3, 0.4) is 0 Å². The average Bonchev–Trinajstić information content (AvgIpc) is 3.45. The minimum atomic E-state index is -3.88. The van der Waals surface area contributed by atoms with Gasteiger partial charge in [0.1, 0.15) is 11.6 Å². The van der Waals surface area contributed by atoms with E-state index in [4.69, 9.17) is 4.42 Å². The molecule has 9 heteroatoms. The van der Waals surface area contributed by atoms with Crippen molar-refractivity contribution in [1.29, 1.82) is 0 Å². The lowest BCUT2D eigenvalue weighted by atomic mass is 10.1. The van der Waals surface area contributed by atoms with Gasteiger partial charge in [-0.2, -0.15) is 0 Å². The van der Waals surface area contributed by atoms with Gasteiger partial charge in [0.2, 0.25) is 0 Å². The lowest BCUT2D eigenvalue weighted by Crippen LogP contribution is -2.29. The van der Waals surface area contributed by atoms with Crippen molar-refractivity contribution < 1.29 is 22.0 Å². The second-order valence-corrected chi connectivity index (χ2v) is 10.4. The highest BCUT2D eigenvalue weighted by atomic mass is 32.2. The topological polar surface area (TPSA) is 79.6 Å². The molecule has 2 heterocycles. The number of hydrogen-bond acceptors (Lipinski definition) is 5. The number of benzene rings is 2. The summed E-state index contributed by atoms with van der Waals surface area (Å²) in [6.07, 6.45) is 1.56. The summed E-state index contributed by atoms with van der Waals surface area (Å²) in [6.45, 7) is 2.75. The van der Waals surface area contributed by atoms with Gasteiger partial charge in [0, 0.05) is 21.0 Å². The predicted molar refractivity (Wildman–Crippen MR) is 125 cm³/mol. The first-order valence-corrected chi connectivity index (χ1v) is 12.4. The molecule has 6 nitrogen and oxygen atoms in total. The van der Waals surface area contributed by atoms with Crippen LogP contribution in [-0.2, 0) is 23.1 Å². The molecule has 0 spiro atoms. The number of aryl methyl sites for hydroxylation is 1. The number of halogens is 1. The minimum absolute atomic E-state index is 0.0556. The number of sulfonamides is 1. The number of carbonyl (C=O) groups excluding carboxylic acids is 1. The summed E-state index contributed by atoms with van der Waals surface area (Å²) < 4.78 is 46.0. The van der Waals surface area contributed by atoms with Gasteiger partial charge in [-0.15, -0.1) is 11.3 Å². The molecule has 2 aromatic carbocycles. The Bertz CT molecular complexity index is 1330. The molecule has 2 aromatic heterocycles. The second kappa shape index (κ2) is 9.60. The molecule has 170 valence electrons. The van der Waals surface area contributed by atoms with Crippen molar-refractivity contribution >= 4 is 33.0 Å². The number of nitrogens with zero attached hydrogens (tertiary/aromatic N) is 1. The molecule has 0 atom stereocenters. The van der Waals surface area contributed by atoms with E-state index in [1.54, 1.807) is 40.7 Å². The van der Waals surface area contributed by atoms with Gasteiger partial charge in [-0.1, -0.05) is 0 Å². The van der Waals surface area contributed by atoms with Crippen LogP contribution in [0.15, 0.2) is 88.4 Å². The minimum Gasteiger partial charge on any atom is -0.467 e. The zero-order chi connectivity index (χ0) is 23.4. The summed E-state index contributed by atoms with van der Waals surface area (Å²) in [5.41, 5.74) is 0.710. The van der Waals surface area contributed by atoms with Crippen LogP contribution in [0.2, 0.25) is 0 Å². The van der Waals surface area contributed by atoms with E-state index in [9.17, 15) is 17.6 Å². The number of hydrogen-bond donors (Lipinski definition) is 1. The van der Waals surface area contributed by atoms with Crippen LogP contribution in [0.1, 0.15) is 25.9 Å². The lowest BCUT2D eigenvalue weighted by Gasteiger charge is -2.21. The Morgan fingerprint density at radius 3 is 2.33 bits per heavy atom. The zero-order valence-electron chi connectivity index (χ0n) is 17.7. The first kappa shape index (κ1) is 22.8. The van der Waals surface area contributed by atoms with Gasteiger partial charge in [-0.25, -0.2) is 12.8 Å².